The second-order valence-electron chi connectivity index (χ2n) is 6.13. The summed E-state index contributed by atoms with van der Waals surface area (Å²) in [4.78, 5) is 0. The molecule has 5 nitrogen and oxygen atoms in total. The highest BCUT2D eigenvalue weighted by Crippen LogP contribution is 2.37. The van der Waals surface area contributed by atoms with Crippen molar-refractivity contribution in [1.82, 2.24) is 14.1 Å². The van der Waals surface area contributed by atoms with Gasteiger partial charge in [0.15, 0.2) is 5.03 Å². The zero-order valence-corrected chi connectivity index (χ0v) is 15.0. The Bertz CT molecular complexity index is 812. The highest BCUT2D eigenvalue weighted by molar-refractivity contribution is 7.89. The number of halogens is 1. The number of aryl methyl sites for hydroxylation is 2. The van der Waals surface area contributed by atoms with Crippen LogP contribution in [0.15, 0.2) is 35.5 Å². The molecule has 1 fully saturated rings. The molecule has 1 aromatic carbocycles. The molecule has 1 aliphatic rings. The Hall–Kier alpha value is -1.37. The van der Waals surface area contributed by atoms with Gasteiger partial charge in [0.1, 0.15) is 0 Å². The standard InChI is InChI=1S/C16H20ClN3O2S/c1-11-6-4-5-7-14(11)13-8-12(2)20(10-13)23(21,22)16-15(17)9-18-19(16)3/h4-7,9,12-13H,8,10H2,1-3H3. The van der Waals surface area contributed by atoms with Crippen LogP contribution in [-0.4, -0.2) is 35.1 Å². The zero-order valence-electron chi connectivity index (χ0n) is 13.4. The molecule has 1 saturated heterocycles. The second kappa shape index (κ2) is 5.92. The summed E-state index contributed by atoms with van der Waals surface area (Å²) in [6.07, 6.45) is 2.17. The molecule has 2 aromatic rings. The van der Waals surface area contributed by atoms with Crippen molar-refractivity contribution in [2.24, 2.45) is 7.05 Å². The van der Waals surface area contributed by atoms with Crippen LogP contribution in [-0.2, 0) is 17.1 Å². The molecule has 23 heavy (non-hydrogen) atoms. The predicted molar refractivity (Wildman–Crippen MR) is 90.1 cm³/mol. The number of nitrogens with zero attached hydrogens (tertiary/aromatic N) is 3. The van der Waals surface area contributed by atoms with Gasteiger partial charge in [0.25, 0.3) is 10.0 Å². The summed E-state index contributed by atoms with van der Waals surface area (Å²) in [6.45, 7) is 4.48. The summed E-state index contributed by atoms with van der Waals surface area (Å²) in [5.74, 6) is 0.202. The minimum absolute atomic E-state index is 0.0662. The van der Waals surface area contributed by atoms with Gasteiger partial charge >= 0.3 is 0 Å². The Morgan fingerprint density at radius 2 is 2.00 bits per heavy atom. The molecule has 0 saturated carbocycles. The van der Waals surface area contributed by atoms with Crippen LogP contribution in [0.3, 0.4) is 0 Å². The van der Waals surface area contributed by atoms with Crippen molar-refractivity contribution in [3.05, 3.63) is 46.6 Å². The van der Waals surface area contributed by atoms with E-state index in [1.807, 2.05) is 19.1 Å². The molecule has 2 unspecified atom stereocenters. The molecule has 0 aliphatic carbocycles. The van der Waals surface area contributed by atoms with Gasteiger partial charge in [-0.05, 0) is 37.3 Å². The van der Waals surface area contributed by atoms with Gasteiger partial charge in [0, 0.05) is 19.6 Å². The van der Waals surface area contributed by atoms with Crippen LogP contribution in [0.5, 0.6) is 0 Å². The first-order valence-corrected chi connectivity index (χ1v) is 9.39. The molecule has 0 spiro atoms. The van der Waals surface area contributed by atoms with Crippen molar-refractivity contribution >= 4 is 21.6 Å². The van der Waals surface area contributed by atoms with Gasteiger partial charge in [-0.25, -0.2) is 8.42 Å². The van der Waals surface area contributed by atoms with Gasteiger partial charge < -0.3 is 0 Å². The van der Waals surface area contributed by atoms with E-state index in [0.29, 0.717) is 6.54 Å². The van der Waals surface area contributed by atoms with E-state index < -0.39 is 10.0 Å². The lowest BCUT2D eigenvalue weighted by atomic mass is 9.93. The van der Waals surface area contributed by atoms with E-state index in [9.17, 15) is 8.42 Å². The molecular formula is C16H20ClN3O2S. The summed E-state index contributed by atoms with van der Waals surface area (Å²) in [5, 5.41) is 4.18. The van der Waals surface area contributed by atoms with Crippen LogP contribution >= 0.6 is 11.6 Å². The smallest absolute Gasteiger partial charge is 0.255 e. The lowest BCUT2D eigenvalue weighted by Gasteiger charge is -2.21. The van der Waals surface area contributed by atoms with Gasteiger partial charge in [-0.15, -0.1) is 0 Å². The SMILES string of the molecule is Cc1ccccc1C1CC(C)N(S(=O)(=O)c2c(Cl)cnn2C)C1. The van der Waals surface area contributed by atoms with Crippen LogP contribution < -0.4 is 0 Å². The first-order valence-electron chi connectivity index (χ1n) is 7.57. The second-order valence-corrected chi connectivity index (χ2v) is 8.35. The normalized spacial score (nSPS) is 22.6. The van der Waals surface area contributed by atoms with Gasteiger partial charge in [-0.2, -0.15) is 9.40 Å². The van der Waals surface area contributed by atoms with Gasteiger partial charge in [0.2, 0.25) is 0 Å². The van der Waals surface area contributed by atoms with E-state index in [4.69, 9.17) is 11.6 Å². The number of rotatable bonds is 3. The molecule has 0 bridgehead atoms. The summed E-state index contributed by atoms with van der Waals surface area (Å²) >= 11 is 6.05. The Morgan fingerprint density at radius 1 is 1.30 bits per heavy atom. The van der Waals surface area contributed by atoms with E-state index in [1.54, 1.807) is 11.4 Å². The molecule has 0 amide bonds. The third kappa shape index (κ3) is 2.79. The molecule has 7 heteroatoms. The first kappa shape index (κ1) is 16.5. The van der Waals surface area contributed by atoms with Crippen molar-refractivity contribution in [1.29, 1.82) is 0 Å². The van der Waals surface area contributed by atoms with Gasteiger partial charge in [-0.3, -0.25) is 4.68 Å². The number of hydrogen-bond acceptors (Lipinski definition) is 3. The average molecular weight is 354 g/mol. The van der Waals surface area contributed by atoms with Crippen LogP contribution in [0.1, 0.15) is 30.4 Å². The Labute approximate surface area is 141 Å². The quantitative estimate of drug-likeness (QED) is 0.852. The average Bonchev–Trinajstić information content (AvgIpc) is 3.03. The fourth-order valence-corrected chi connectivity index (χ4v) is 5.70. The predicted octanol–water partition coefficient (Wildman–Crippen LogP) is 2.95. The van der Waals surface area contributed by atoms with Crippen LogP contribution in [0.4, 0.5) is 0 Å². The van der Waals surface area contributed by atoms with Crippen LogP contribution in [0, 0.1) is 6.92 Å². The number of hydrogen-bond donors (Lipinski definition) is 0. The van der Waals surface area contributed by atoms with E-state index in [-0.39, 0.29) is 22.0 Å². The van der Waals surface area contributed by atoms with Crippen molar-refractivity contribution in [2.45, 2.75) is 37.3 Å². The Balaban J connectivity index is 1.95. The summed E-state index contributed by atoms with van der Waals surface area (Å²) in [7, 11) is -2.06. The molecule has 2 atom stereocenters. The minimum atomic E-state index is -3.66. The number of aromatic nitrogens is 2. The largest absolute Gasteiger partial charge is 0.262 e. The van der Waals surface area contributed by atoms with Crippen molar-refractivity contribution in [3.63, 3.8) is 0 Å². The molecule has 3 rings (SSSR count). The minimum Gasteiger partial charge on any atom is -0.255 e. The third-order valence-corrected chi connectivity index (χ3v) is 7.03. The highest BCUT2D eigenvalue weighted by Gasteiger charge is 2.40. The number of benzene rings is 1. The van der Waals surface area contributed by atoms with E-state index in [1.165, 1.54) is 22.0 Å². The molecule has 1 aliphatic heterocycles. The lowest BCUT2D eigenvalue weighted by molar-refractivity contribution is 0.402. The third-order valence-electron chi connectivity index (χ3n) is 4.54. The fraction of sp³-hybridized carbons (Fsp3) is 0.438. The molecule has 124 valence electrons. The molecule has 0 radical (unpaired) electrons. The van der Waals surface area contributed by atoms with Crippen molar-refractivity contribution in [2.75, 3.05) is 6.54 Å². The highest BCUT2D eigenvalue weighted by atomic mass is 35.5. The van der Waals surface area contributed by atoms with E-state index in [0.717, 1.165) is 6.42 Å². The maximum atomic E-state index is 13.0. The van der Waals surface area contributed by atoms with Gasteiger partial charge in [0.05, 0.1) is 11.2 Å². The monoisotopic (exact) mass is 353 g/mol. The molecule has 1 aromatic heterocycles. The van der Waals surface area contributed by atoms with Gasteiger partial charge in [-0.1, -0.05) is 35.9 Å². The fourth-order valence-electron chi connectivity index (χ4n) is 3.41. The van der Waals surface area contributed by atoms with E-state index >= 15 is 0 Å². The topological polar surface area (TPSA) is 55.2 Å². The van der Waals surface area contributed by atoms with E-state index in [2.05, 4.69) is 24.2 Å². The molecule has 2 heterocycles. The maximum Gasteiger partial charge on any atom is 0.262 e. The molecular weight excluding hydrogens is 334 g/mol. The zero-order chi connectivity index (χ0) is 16.8. The van der Waals surface area contributed by atoms with Crippen LogP contribution in [0.25, 0.3) is 0 Å². The Kier molecular flexibility index (Phi) is 4.25. The summed E-state index contributed by atoms with van der Waals surface area (Å²) < 4.78 is 28.9. The van der Waals surface area contributed by atoms with Crippen molar-refractivity contribution in [3.8, 4) is 0 Å². The summed E-state index contributed by atoms with van der Waals surface area (Å²) in [6, 6.07) is 8.08. The summed E-state index contributed by atoms with van der Waals surface area (Å²) in [5.41, 5.74) is 2.41. The first-order chi connectivity index (χ1) is 10.8. The lowest BCUT2D eigenvalue weighted by Crippen LogP contribution is -2.35. The Morgan fingerprint density at radius 3 is 2.61 bits per heavy atom. The van der Waals surface area contributed by atoms with Crippen molar-refractivity contribution < 1.29 is 8.42 Å². The molecule has 0 N–H and O–H groups in total. The number of sulfonamides is 1. The maximum absolute atomic E-state index is 13.0. The van der Waals surface area contributed by atoms with Crippen LogP contribution in [0.2, 0.25) is 5.02 Å².